The van der Waals surface area contributed by atoms with Crippen molar-refractivity contribution < 1.29 is 69.4 Å². The van der Waals surface area contributed by atoms with Crippen molar-refractivity contribution >= 4 is 11.8 Å². The Bertz CT molecular complexity index is 1580. The van der Waals surface area contributed by atoms with Crippen LogP contribution in [0.15, 0.2) is 11.6 Å². The van der Waals surface area contributed by atoms with Crippen molar-refractivity contribution in [2.75, 3.05) is 6.61 Å². The molecule has 2 saturated heterocycles. The fraction of sp³-hybridized carbons (Fsp3) is 0.905. The Morgan fingerprint density at radius 3 is 2.09 bits per heavy atom. The van der Waals surface area contributed by atoms with Gasteiger partial charge in [-0.15, -0.1) is 0 Å². The van der Waals surface area contributed by atoms with E-state index in [9.17, 15) is 50.4 Å². The number of aliphatic hydroxyl groups is 7. The molecule has 2 aliphatic heterocycles. The molecule has 7 aliphatic rings. The molecule has 0 unspecified atom stereocenters. The van der Waals surface area contributed by atoms with E-state index in [4.69, 9.17) is 18.9 Å². The van der Waals surface area contributed by atoms with E-state index in [1.165, 1.54) is 5.57 Å². The quantitative estimate of drug-likeness (QED) is 0.142. The van der Waals surface area contributed by atoms with E-state index in [0.717, 1.165) is 44.9 Å². The molecular formula is C42H66O14. The van der Waals surface area contributed by atoms with E-state index in [1.807, 2.05) is 0 Å². The third kappa shape index (κ3) is 5.97. The van der Waals surface area contributed by atoms with Gasteiger partial charge in [0, 0.05) is 10.8 Å². The lowest BCUT2D eigenvalue weighted by Gasteiger charge is -2.71. The van der Waals surface area contributed by atoms with Gasteiger partial charge in [0.1, 0.15) is 48.8 Å². The molecule has 0 spiro atoms. The largest absolute Gasteiger partial charge is 0.479 e. The van der Waals surface area contributed by atoms with Crippen molar-refractivity contribution in [1.29, 1.82) is 0 Å². The van der Waals surface area contributed by atoms with Crippen LogP contribution in [0.2, 0.25) is 0 Å². The van der Waals surface area contributed by atoms with Gasteiger partial charge in [-0.3, -0.25) is 4.79 Å². The number of rotatable bonds is 6. The molecule has 14 nitrogen and oxygen atoms in total. The number of aliphatic carboxylic acids is 1. The number of fused-ring (bicyclic) bond motifs is 7. The second-order valence-electron chi connectivity index (χ2n) is 20.8. The van der Waals surface area contributed by atoms with Crippen molar-refractivity contribution in [3.8, 4) is 0 Å². The van der Waals surface area contributed by atoms with Crippen molar-refractivity contribution in [3.63, 3.8) is 0 Å². The summed E-state index contributed by atoms with van der Waals surface area (Å²) in [7, 11) is 0. The van der Waals surface area contributed by atoms with Crippen LogP contribution < -0.4 is 0 Å². The molecule has 0 aromatic rings. The second-order valence-corrected chi connectivity index (χ2v) is 20.8. The molecule has 318 valence electrons. The molecule has 14 heteroatoms. The lowest BCUT2D eigenvalue weighted by molar-refractivity contribution is -0.365. The van der Waals surface area contributed by atoms with E-state index in [-0.39, 0.29) is 39.8 Å². The zero-order valence-electron chi connectivity index (χ0n) is 34.1. The van der Waals surface area contributed by atoms with Gasteiger partial charge < -0.3 is 59.8 Å². The zero-order chi connectivity index (χ0) is 41.3. The predicted molar refractivity (Wildman–Crippen MR) is 198 cm³/mol. The summed E-state index contributed by atoms with van der Waals surface area (Å²) in [6, 6.07) is 0. The van der Waals surface area contributed by atoms with Gasteiger partial charge >= 0.3 is 5.97 Å². The van der Waals surface area contributed by atoms with Gasteiger partial charge in [0.15, 0.2) is 24.5 Å². The molecule has 6 fully saturated rings. The number of ketones is 1. The minimum atomic E-state index is -1.95. The van der Waals surface area contributed by atoms with Crippen LogP contribution in [0.5, 0.6) is 0 Å². The summed E-state index contributed by atoms with van der Waals surface area (Å²) in [5.74, 6) is -1.23. The minimum absolute atomic E-state index is 0.0195. The maximum atomic E-state index is 14.3. The standard InChI is InChI=1S/C42H66O14/c1-37(2)15-16-39(5)20(17-37)19-9-10-23-40(6)13-12-24(38(3,4)22(40)11-14-41(23,7)42(19,8)33(50)32(39)49)54-36-29(48)30(28(47)31(56-36)34(51)52)55-35-27(46)26(45)25(44)21(18-43)53-35/h9,20-31,33,35-36,43-48,50H,10-18H2,1-8H3,(H,51,52)/t20-,21-,22-,23+,24+,25-,26+,27-,28+,29-,30+,31+,33+,35+,36-,39+,40-,41-,42+/m0/s1. The maximum absolute atomic E-state index is 14.3. The molecule has 5 aliphatic carbocycles. The number of aliphatic hydroxyl groups excluding tert-OH is 7. The van der Waals surface area contributed by atoms with Gasteiger partial charge in [0.05, 0.1) is 12.7 Å². The Morgan fingerprint density at radius 2 is 1.45 bits per heavy atom. The molecule has 0 radical (unpaired) electrons. The number of carbonyl (C=O) groups is 2. The van der Waals surface area contributed by atoms with Crippen LogP contribution in [0.4, 0.5) is 0 Å². The average molecular weight is 795 g/mol. The second kappa shape index (κ2) is 14.0. The normalized spacial score (nSPS) is 53.8. The molecule has 19 atom stereocenters. The monoisotopic (exact) mass is 794 g/mol. The van der Waals surface area contributed by atoms with Gasteiger partial charge in [0.2, 0.25) is 0 Å². The van der Waals surface area contributed by atoms with E-state index >= 15 is 0 Å². The number of carboxylic acid groups (broad SMARTS) is 1. The molecular weight excluding hydrogens is 728 g/mol. The van der Waals surface area contributed by atoms with Gasteiger partial charge in [-0.1, -0.05) is 67.0 Å². The first-order chi connectivity index (χ1) is 25.9. The van der Waals surface area contributed by atoms with Crippen molar-refractivity contribution in [2.24, 2.45) is 50.2 Å². The summed E-state index contributed by atoms with van der Waals surface area (Å²) in [4.78, 5) is 26.7. The molecule has 2 heterocycles. The van der Waals surface area contributed by atoms with Crippen LogP contribution in [0.25, 0.3) is 0 Å². The van der Waals surface area contributed by atoms with Crippen molar-refractivity contribution in [1.82, 2.24) is 0 Å². The van der Waals surface area contributed by atoms with Crippen LogP contribution in [-0.2, 0) is 28.5 Å². The number of carbonyl (C=O) groups excluding carboxylic acids is 1. The van der Waals surface area contributed by atoms with Crippen molar-refractivity contribution in [2.45, 2.75) is 180 Å². The highest BCUT2D eigenvalue weighted by Crippen LogP contribution is 2.75. The fourth-order valence-corrected chi connectivity index (χ4v) is 13.5. The Labute approximate surface area is 329 Å². The van der Waals surface area contributed by atoms with E-state index in [2.05, 4.69) is 61.5 Å². The number of hydrogen-bond acceptors (Lipinski definition) is 13. The van der Waals surface area contributed by atoms with Crippen molar-refractivity contribution in [3.05, 3.63) is 11.6 Å². The zero-order valence-corrected chi connectivity index (χ0v) is 34.1. The van der Waals surface area contributed by atoms with Crippen LogP contribution >= 0.6 is 0 Å². The van der Waals surface area contributed by atoms with Crippen LogP contribution in [0, 0.1) is 50.2 Å². The summed E-state index contributed by atoms with van der Waals surface area (Å²) in [5.41, 5.74) is -1.07. The van der Waals surface area contributed by atoms with Gasteiger partial charge in [0.25, 0.3) is 0 Å². The first kappa shape index (κ1) is 42.6. The minimum Gasteiger partial charge on any atom is -0.479 e. The molecule has 4 saturated carbocycles. The Morgan fingerprint density at radius 1 is 0.786 bits per heavy atom. The van der Waals surface area contributed by atoms with Crippen LogP contribution in [0.1, 0.15) is 107 Å². The number of carboxylic acids is 1. The number of Topliss-reactive ketones (excluding diaryl/α,β-unsaturated/α-hetero) is 1. The molecule has 56 heavy (non-hydrogen) atoms. The Hall–Kier alpha value is -1.56. The summed E-state index contributed by atoms with van der Waals surface area (Å²) in [6.07, 6.45) is -10.3. The predicted octanol–water partition coefficient (Wildman–Crippen LogP) is 2.06. The highest BCUT2D eigenvalue weighted by atomic mass is 16.7. The molecule has 7 rings (SSSR count). The molecule has 0 amide bonds. The van der Waals surface area contributed by atoms with E-state index in [0.29, 0.717) is 6.42 Å². The van der Waals surface area contributed by atoms with Gasteiger partial charge in [-0.2, -0.15) is 0 Å². The SMILES string of the molecule is CC1(C)CC[C@@]2(C)C(=O)[C@@H](O)[C@@]3(C)C(=CC[C@@H]4[C@@]5(C)CC[C@@H](O[C@H]6O[C@@H](C(=O)O)[C@H](O)[C@@H](O[C@H]7O[C@@H](CO)[C@H](O)[C@@H](O)[C@@H]7O)[C@@H]6O)C(C)(C)[C@@H]5CC[C@@]43C)[C@@H]2C1. The third-order valence-corrected chi connectivity index (χ3v) is 17.2. The van der Waals surface area contributed by atoms with Crippen LogP contribution in [0.3, 0.4) is 0 Å². The lowest BCUT2D eigenvalue weighted by Crippen LogP contribution is -2.70. The summed E-state index contributed by atoms with van der Waals surface area (Å²) in [6.45, 7) is 16.9. The summed E-state index contributed by atoms with van der Waals surface area (Å²) in [5, 5.41) is 85.6. The Kier molecular flexibility index (Phi) is 10.6. The van der Waals surface area contributed by atoms with E-state index in [1.54, 1.807) is 0 Å². The summed E-state index contributed by atoms with van der Waals surface area (Å²) < 4.78 is 23.4. The first-order valence-corrected chi connectivity index (χ1v) is 20.7. The third-order valence-electron chi connectivity index (χ3n) is 17.2. The highest BCUT2D eigenvalue weighted by Gasteiger charge is 2.72. The topological polar surface area (TPSA) is 233 Å². The first-order valence-electron chi connectivity index (χ1n) is 20.7. The fourth-order valence-electron chi connectivity index (χ4n) is 13.5. The summed E-state index contributed by atoms with van der Waals surface area (Å²) >= 11 is 0. The average Bonchev–Trinajstić information content (AvgIpc) is 3.12. The maximum Gasteiger partial charge on any atom is 0.335 e. The van der Waals surface area contributed by atoms with E-state index < -0.39 is 102 Å². The lowest BCUT2D eigenvalue weighted by atomic mass is 9.33. The van der Waals surface area contributed by atoms with Crippen LogP contribution in [-0.4, -0.2) is 133 Å². The highest BCUT2D eigenvalue weighted by molar-refractivity contribution is 5.92. The molecule has 0 bridgehead atoms. The number of ether oxygens (including phenoxy) is 4. The smallest absolute Gasteiger partial charge is 0.335 e. The van der Waals surface area contributed by atoms with Gasteiger partial charge in [-0.05, 0) is 90.8 Å². The molecule has 0 aromatic heterocycles. The molecule has 0 aromatic carbocycles. The number of hydrogen-bond donors (Lipinski definition) is 8. The number of allylic oxidation sites excluding steroid dienone is 1. The molecule has 8 N–H and O–H groups in total. The Balaban J connectivity index is 1.14. The van der Waals surface area contributed by atoms with Gasteiger partial charge in [-0.25, -0.2) is 4.79 Å².